The molecule has 1 aromatic rings. The molecule has 0 saturated carbocycles. The first-order chi connectivity index (χ1) is 11.7. The molecule has 0 aliphatic carbocycles. The van der Waals surface area contributed by atoms with Crippen LogP contribution in [0.3, 0.4) is 0 Å². The van der Waals surface area contributed by atoms with E-state index in [1.54, 1.807) is 31.2 Å². The summed E-state index contributed by atoms with van der Waals surface area (Å²) in [7, 11) is 0. The molecule has 1 aromatic carbocycles. The van der Waals surface area contributed by atoms with Crippen LogP contribution in [0.2, 0.25) is 0 Å². The normalized spacial score (nSPS) is 21.3. The molecule has 2 heterocycles. The summed E-state index contributed by atoms with van der Waals surface area (Å²) in [6, 6.07) is 7.43. The molecule has 1 N–H and O–H groups in total. The number of nitrogens with zero attached hydrogens (tertiary/aromatic N) is 2. The van der Waals surface area contributed by atoms with Crippen molar-refractivity contribution in [1.29, 1.82) is 0 Å². The van der Waals surface area contributed by atoms with Gasteiger partial charge < -0.3 is 10.1 Å². The quantitative estimate of drug-likeness (QED) is 0.830. The maximum absolute atomic E-state index is 12.2. The van der Waals surface area contributed by atoms with E-state index in [-0.39, 0.29) is 11.9 Å². The molecule has 1 amide bonds. The van der Waals surface area contributed by atoms with Crippen molar-refractivity contribution in [2.75, 3.05) is 44.6 Å². The highest BCUT2D eigenvalue weighted by atomic mass is 16.5. The number of ether oxygens (including phenoxy) is 1. The highest BCUT2D eigenvalue weighted by Crippen LogP contribution is 2.21. The van der Waals surface area contributed by atoms with Crippen molar-refractivity contribution in [3.8, 4) is 0 Å². The van der Waals surface area contributed by atoms with Gasteiger partial charge in [-0.25, -0.2) is 4.79 Å². The van der Waals surface area contributed by atoms with E-state index in [0.717, 1.165) is 19.6 Å². The third-order valence-electron chi connectivity index (χ3n) is 4.72. The molecule has 2 aliphatic rings. The van der Waals surface area contributed by atoms with E-state index < -0.39 is 0 Å². The van der Waals surface area contributed by atoms with Crippen LogP contribution in [-0.2, 0) is 9.53 Å². The Morgan fingerprint density at radius 2 is 2.00 bits per heavy atom. The Kier molecular flexibility index (Phi) is 5.48. The van der Waals surface area contributed by atoms with Gasteiger partial charge in [0, 0.05) is 31.4 Å². The second kappa shape index (κ2) is 7.77. The summed E-state index contributed by atoms with van der Waals surface area (Å²) < 4.78 is 4.95. The lowest BCUT2D eigenvalue weighted by atomic mass is 10.1. The van der Waals surface area contributed by atoms with Crippen LogP contribution in [-0.4, -0.2) is 67.0 Å². The van der Waals surface area contributed by atoms with Crippen LogP contribution < -0.4 is 5.32 Å². The number of carbonyl (C=O) groups is 2. The fraction of sp³-hybridized carbons (Fsp3) is 0.556. The van der Waals surface area contributed by atoms with E-state index >= 15 is 0 Å². The van der Waals surface area contributed by atoms with Gasteiger partial charge in [0.05, 0.1) is 18.7 Å². The minimum atomic E-state index is -0.343. The van der Waals surface area contributed by atoms with Crippen molar-refractivity contribution in [2.24, 2.45) is 0 Å². The Morgan fingerprint density at radius 3 is 2.75 bits per heavy atom. The van der Waals surface area contributed by atoms with Crippen LogP contribution in [0.25, 0.3) is 0 Å². The number of carbonyl (C=O) groups excluding carboxylic acids is 2. The molecule has 0 aromatic heterocycles. The molecule has 0 spiro atoms. The summed E-state index contributed by atoms with van der Waals surface area (Å²) in [5, 5.41) is 2.90. The summed E-state index contributed by atoms with van der Waals surface area (Å²) in [5.74, 6) is -0.352. The van der Waals surface area contributed by atoms with Crippen molar-refractivity contribution in [3.63, 3.8) is 0 Å². The van der Waals surface area contributed by atoms with Crippen LogP contribution in [0.1, 0.15) is 30.1 Å². The minimum absolute atomic E-state index is 0.00895. The topological polar surface area (TPSA) is 61.9 Å². The molecule has 2 fully saturated rings. The standard InChI is InChI=1S/C18H25N3O3/c1-2-24-18(23)14-5-7-15(8-6-14)19-17(22)13-20-10-11-21-9-3-4-16(21)12-20/h5-8,16H,2-4,9-13H2,1H3,(H,19,22). The van der Waals surface area contributed by atoms with Crippen LogP contribution in [0.4, 0.5) is 5.69 Å². The number of piperazine rings is 1. The molecule has 2 aliphatic heterocycles. The Morgan fingerprint density at radius 1 is 1.21 bits per heavy atom. The van der Waals surface area contributed by atoms with Gasteiger partial charge in [0.25, 0.3) is 0 Å². The van der Waals surface area contributed by atoms with Gasteiger partial charge in [-0.15, -0.1) is 0 Å². The molecule has 2 saturated heterocycles. The third kappa shape index (κ3) is 4.13. The molecule has 3 rings (SSSR count). The number of anilines is 1. The van der Waals surface area contributed by atoms with Crippen molar-refractivity contribution >= 4 is 17.6 Å². The number of hydrogen-bond acceptors (Lipinski definition) is 5. The molecule has 1 atom stereocenters. The molecule has 6 heteroatoms. The van der Waals surface area contributed by atoms with Crippen molar-refractivity contribution in [2.45, 2.75) is 25.8 Å². The molecule has 130 valence electrons. The lowest BCUT2D eigenvalue weighted by Gasteiger charge is -2.37. The van der Waals surface area contributed by atoms with E-state index in [1.165, 1.54) is 19.4 Å². The fourth-order valence-corrected chi connectivity index (χ4v) is 3.51. The average Bonchev–Trinajstić information content (AvgIpc) is 3.03. The Hall–Kier alpha value is -1.92. The molecule has 0 radical (unpaired) electrons. The van der Waals surface area contributed by atoms with E-state index in [4.69, 9.17) is 4.74 Å². The summed E-state index contributed by atoms with van der Waals surface area (Å²) in [5.41, 5.74) is 1.19. The van der Waals surface area contributed by atoms with Crippen LogP contribution in [0.5, 0.6) is 0 Å². The first-order valence-corrected chi connectivity index (χ1v) is 8.69. The number of fused-ring (bicyclic) bond motifs is 1. The fourth-order valence-electron chi connectivity index (χ4n) is 3.51. The van der Waals surface area contributed by atoms with E-state index in [1.807, 2.05) is 0 Å². The predicted octanol–water partition coefficient (Wildman–Crippen LogP) is 1.58. The molecule has 1 unspecified atom stereocenters. The van der Waals surface area contributed by atoms with E-state index in [9.17, 15) is 9.59 Å². The Labute approximate surface area is 142 Å². The number of benzene rings is 1. The molecule has 0 bridgehead atoms. The molecule has 6 nitrogen and oxygen atoms in total. The van der Waals surface area contributed by atoms with Gasteiger partial charge in [-0.2, -0.15) is 0 Å². The average molecular weight is 331 g/mol. The number of nitrogens with one attached hydrogen (secondary N) is 1. The van der Waals surface area contributed by atoms with Crippen molar-refractivity contribution in [3.05, 3.63) is 29.8 Å². The van der Waals surface area contributed by atoms with Gasteiger partial charge in [0.15, 0.2) is 0 Å². The van der Waals surface area contributed by atoms with Crippen LogP contribution in [0.15, 0.2) is 24.3 Å². The van der Waals surface area contributed by atoms with E-state index in [2.05, 4.69) is 15.1 Å². The zero-order chi connectivity index (χ0) is 16.9. The second-order valence-electron chi connectivity index (χ2n) is 6.41. The van der Waals surface area contributed by atoms with Crippen LogP contribution in [0, 0.1) is 0 Å². The van der Waals surface area contributed by atoms with Gasteiger partial charge in [-0.1, -0.05) is 0 Å². The van der Waals surface area contributed by atoms with Crippen molar-refractivity contribution < 1.29 is 14.3 Å². The third-order valence-corrected chi connectivity index (χ3v) is 4.72. The number of esters is 1. The molecular formula is C18H25N3O3. The maximum atomic E-state index is 12.2. The van der Waals surface area contributed by atoms with Gasteiger partial charge in [-0.3, -0.25) is 14.6 Å². The van der Waals surface area contributed by atoms with Gasteiger partial charge in [-0.05, 0) is 50.6 Å². The summed E-state index contributed by atoms with van der Waals surface area (Å²) >= 11 is 0. The molecular weight excluding hydrogens is 306 g/mol. The summed E-state index contributed by atoms with van der Waals surface area (Å²) in [4.78, 5) is 28.6. The summed E-state index contributed by atoms with van der Waals surface area (Å²) in [6.45, 7) is 6.75. The summed E-state index contributed by atoms with van der Waals surface area (Å²) in [6.07, 6.45) is 2.52. The van der Waals surface area contributed by atoms with Crippen molar-refractivity contribution in [1.82, 2.24) is 9.80 Å². The van der Waals surface area contributed by atoms with Crippen LogP contribution >= 0.6 is 0 Å². The highest BCUT2D eigenvalue weighted by Gasteiger charge is 2.30. The first kappa shape index (κ1) is 16.9. The first-order valence-electron chi connectivity index (χ1n) is 8.69. The Balaban J connectivity index is 1.49. The lowest BCUT2D eigenvalue weighted by Crippen LogP contribution is -2.51. The lowest BCUT2D eigenvalue weighted by molar-refractivity contribution is -0.117. The SMILES string of the molecule is CCOC(=O)c1ccc(NC(=O)CN2CCN3CCCC3C2)cc1. The largest absolute Gasteiger partial charge is 0.462 e. The van der Waals surface area contributed by atoms with Gasteiger partial charge in [0.2, 0.25) is 5.91 Å². The second-order valence-corrected chi connectivity index (χ2v) is 6.41. The smallest absolute Gasteiger partial charge is 0.338 e. The minimum Gasteiger partial charge on any atom is -0.462 e. The zero-order valence-electron chi connectivity index (χ0n) is 14.2. The zero-order valence-corrected chi connectivity index (χ0v) is 14.2. The predicted molar refractivity (Wildman–Crippen MR) is 92.1 cm³/mol. The maximum Gasteiger partial charge on any atom is 0.338 e. The van der Waals surface area contributed by atoms with E-state index in [0.29, 0.717) is 30.4 Å². The van der Waals surface area contributed by atoms with Gasteiger partial charge in [0.1, 0.15) is 0 Å². The number of rotatable bonds is 5. The molecule has 24 heavy (non-hydrogen) atoms. The highest BCUT2D eigenvalue weighted by molar-refractivity contribution is 5.94. The number of amides is 1. The van der Waals surface area contributed by atoms with Gasteiger partial charge >= 0.3 is 5.97 Å². The number of hydrogen-bond donors (Lipinski definition) is 1. The monoisotopic (exact) mass is 331 g/mol. The Bertz CT molecular complexity index is 588.